The van der Waals surface area contributed by atoms with Gasteiger partial charge in [0.1, 0.15) is 5.78 Å². The van der Waals surface area contributed by atoms with E-state index in [1.54, 1.807) is 0 Å². The molecule has 58 valence electrons. The van der Waals surface area contributed by atoms with Crippen LogP contribution in [-0.4, -0.2) is 18.7 Å². The second-order valence-corrected chi connectivity index (χ2v) is 2.19. The average molecular weight is 143 g/mol. The van der Waals surface area contributed by atoms with Gasteiger partial charge in [-0.25, -0.2) is 0 Å². The number of Topliss-reactive ketones (excluding diaryl/α,β-unsaturated/α-hetero) is 1. The Morgan fingerprint density at radius 1 is 1.50 bits per heavy atom. The Hall–Kier alpha value is -0.860. The molecule has 0 fully saturated rings. The Bertz CT molecular complexity index is 143. The van der Waals surface area contributed by atoms with Crippen molar-refractivity contribution in [2.24, 2.45) is 5.92 Å². The van der Waals surface area contributed by atoms with E-state index in [1.165, 1.54) is 14.0 Å². The third kappa shape index (κ3) is 2.17. The maximum Gasteiger partial charge on any atom is 0.230 e. The summed E-state index contributed by atoms with van der Waals surface area (Å²) in [7, 11) is 1.54. The predicted octanol–water partition coefficient (Wildman–Crippen LogP) is 0.348. The maximum absolute atomic E-state index is 10.9. The predicted molar refractivity (Wildman–Crippen MR) is 38.5 cm³/mol. The second kappa shape index (κ2) is 4.04. The Kier molecular flexibility index (Phi) is 3.69. The number of carbonyl (C=O) groups excluding carboxylic acids is 2. The third-order valence-corrected chi connectivity index (χ3v) is 1.46. The van der Waals surface area contributed by atoms with Crippen molar-refractivity contribution in [3.63, 3.8) is 0 Å². The lowest BCUT2D eigenvalue weighted by Crippen LogP contribution is -2.31. The molecule has 0 aliphatic carbocycles. The fraction of sp³-hybridized carbons (Fsp3) is 0.714. The van der Waals surface area contributed by atoms with E-state index in [-0.39, 0.29) is 11.7 Å². The van der Waals surface area contributed by atoms with Gasteiger partial charge in [-0.15, -0.1) is 0 Å². The highest BCUT2D eigenvalue weighted by Gasteiger charge is 2.18. The molecule has 1 atom stereocenters. The summed E-state index contributed by atoms with van der Waals surface area (Å²) in [6.07, 6.45) is 0.578. The zero-order valence-electron chi connectivity index (χ0n) is 6.60. The van der Waals surface area contributed by atoms with Crippen LogP contribution in [0, 0.1) is 5.92 Å². The van der Waals surface area contributed by atoms with E-state index in [0.717, 1.165) is 0 Å². The molecule has 0 rings (SSSR count). The van der Waals surface area contributed by atoms with Crippen molar-refractivity contribution in [2.45, 2.75) is 20.3 Å². The van der Waals surface area contributed by atoms with Gasteiger partial charge in [0.25, 0.3) is 0 Å². The summed E-state index contributed by atoms with van der Waals surface area (Å²) in [5.41, 5.74) is 0. The largest absolute Gasteiger partial charge is 0.359 e. The monoisotopic (exact) mass is 143 g/mol. The van der Waals surface area contributed by atoms with Gasteiger partial charge in [0.2, 0.25) is 5.91 Å². The number of nitrogens with one attached hydrogen (secondary N) is 1. The number of carbonyl (C=O) groups is 2. The molecule has 0 bridgehead atoms. The quantitative estimate of drug-likeness (QED) is 0.579. The highest BCUT2D eigenvalue weighted by Crippen LogP contribution is 2.02. The van der Waals surface area contributed by atoms with E-state index >= 15 is 0 Å². The Balaban J connectivity index is 4.06. The summed E-state index contributed by atoms with van der Waals surface area (Å²) >= 11 is 0. The minimum Gasteiger partial charge on any atom is -0.359 e. The van der Waals surface area contributed by atoms with Gasteiger partial charge in [-0.2, -0.15) is 0 Å². The first-order valence-corrected chi connectivity index (χ1v) is 3.35. The molecule has 1 N–H and O–H groups in total. The third-order valence-electron chi connectivity index (χ3n) is 1.46. The van der Waals surface area contributed by atoms with Crippen LogP contribution in [-0.2, 0) is 9.59 Å². The van der Waals surface area contributed by atoms with E-state index in [4.69, 9.17) is 0 Å². The molecular formula is C7H13NO2. The average Bonchev–Trinajstić information content (AvgIpc) is 1.88. The molecule has 0 aromatic heterocycles. The van der Waals surface area contributed by atoms with Gasteiger partial charge >= 0.3 is 0 Å². The highest BCUT2D eigenvalue weighted by atomic mass is 16.2. The lowest BCUT2D eigenvalue weighted by molar-refractivity contribution is -0.132. The number of hydrogen-bond acceptors (Lipinski definition) is 2. The minimum atomic E-state index is -0.454. The van der Waals surface area contributed by atoms with E-state index in [9.17, 15) is 9.59 Å². The van der Waals surface area contributed by atoms with Crippen molar-refractivity contribution in [1.29, 1.82) is 0 Å². The first-order chi connectivity index (χ1) is 4.63. The molecule has 0 saturated heterocycles. The van der Waals surface area contributed by atoms with Crippen molar-refractivity contribution in [3.05, 3.63) is 0 Å². The molecule has 3 nitrogen and oxygen atoms in total. The molecule has 0 heterocycles. The Morgan fingerprint density at radius 3 is 2.10 bits per heavy atom. The fourth-order valence-electron chi connectivity index (χ4n) is 0.832. The van der Waals surface area contributed by atoms with Crippen LogP contribution < -0.4 is 5.32 Å². The number of amides is 1. The van der Waals surface area contributed by atoms with Crippen LogP contribution in [0.5, 0.6) is 0 Å². The van der Waals surface area contributed by atoms with Crippen LogP contribution in [0.3, 0.4) is 0 Å². The van der Waals surface area contributed by atoms with Crippen molar-refractivity contribution in [1.82, 2.24) is 5.32 Å². The van der Waals surface area contributed by atoms with Crippen molar-refractivity contribution >= 4 is 11.7 Å². The fourth-order valence-corrected chi connectivity index (χ4v) is 0.832. The molecule has 1 unspecified atom stereocenters. The molecule has 0 saturated carbocycles. The molecule has 0 radical (unpaired) electrons. The SMILES string of the molecule is CCC(C(C)=O)C(=O)NC. The molecule has 0 aromatic carbocycles. The van der Waals surface area contributed by atoms with Crippen LogP contribution in [0.1, 0.15) is 20.3 Å². The van der Waals surface area contributed by atoms with Gasteiger partial charge in [0.05, 0.1) is 5.92 Å². The molecule has 0 aliphatic heterocycles. The second-order valence-electron chi connectivity index (χ2n) is 2.19. The number of hydrogen-bond donors (Lipinski definition) is 1. The van der Waals surface area contributed by atoms with E-state index in [0.29, 0.717) is 6.42 Å². The standard InChI is InChI=1S/C7H13NO2/c1-4-6(5(2)9)7(10)8-3/h6H,4H2,1-3H3,(H,8,10). The molecule has 3 heteroatoms. The van der Waals surface area contributed by atoms with E-state index < -0.39 is 5.92 Å². The summed E-state index contributed by atoms with van der Waals surface area (Å²) in [4.78, 5) is 21.6. The van der Waals surface area contributed by atoms with Crippen molar-refractivity contribution in [3.8, 4) is 0 Å². The molecule has 1 amide bonds. The molecule has 10 heavy (non-hydrogen) atoms. The lowest BCUT2D eigenvalue weighted by Gasteiger charge is -2.07. The summed E-state index contributed by atoms with van der Waals surface area (Å²) in [6, 6.07) is 0. The van der Waals surface area contributed by atoms with Crippen molar-refractivity contribution in [2.75, 3.05) is 7.05 Å². The van der Waals surface area contributed by atoms with Crippen LogP contribution in [0.25, 0.3) is 0 Å². The van der Waals surface area contributed by atoms with Gasteiger partial charge < -0.3 is 5.32 Å². The summed E-state index contributed by atoms with van der Waals surface area (Å²) < 4.78 is 0. The van der Waals surface area contributed by atoms with Crippen LogP contribution in [0.2, 0.25) is 0 Å². The molecule has 0 aliphatic rings. The summed E-state index contributed by atoms with van der Waals surface area (Å²) in [6.45, 7) is 3.25. The Labute approximate surface area is 60.8 Å². The topological polar surface area (TPSA) is 46.2 Å². The Morgan fingerprint density at radius 2 is 2.00 bits per heavy atom. The lowest BCUT2D eigenvalue weighted by atomic mass is 10.0. The summed E-state index contributed by atoms with van der Waals surface area (Å²) in [5, 5.41) is 2.44. The van der Waals surface area contributed by atoms with E-state index in [2.05, 4.69) is 5.32 Å². The van der Waals surface area contributed by atoms with Crippen LogP contribution >= 0.6 is 0 Å². The zero-order valence-corrected chi connectivity index (χ0v) is 6.60. The minimum absolute atomic E-state index is 0.0677. The maximum atomic E-state index is 10.9. The molecule has 0 aromatic rings. The number of ketones is 1. The van der Waals surface area contributed by atoms with Crippen LogP contribution in [0.15, 0.2) is 0 Å². The first kappa shape index (κ1) is 9.14. The normalized spacial score (nSPS) is 12.3. The molecule has 0 spiro atoms. The summed E-state index contributed by atoms with van der Waals surface area (Å²) in [5.74, 6) is -0.707. The number of rotatable bonds is 3. The van der Waals surface area contributed by atoms with E-state index in [1.807, 2.05) is 6.92 Å². The first-order valence-electron chi connectivity index (χ1n) is 3.35. The van der Waals surface area contributed by atoms with Gasteiger partial charge in [-0.1, -0.05) is 6.92 Å². The van der Waals surface area contributed by atoms with Gasteiger partial charge in [0, 0.05) is 7.05 Å². The van der Waals surface area contributed by atoms with Gasteiger partial charge in [-0.3, -0.25) is 9.59 Å². The van der Waals surface area contributed by atoms with Gasteiger partial charge in [-0.05, 0) is 13.3 Å². The van der Waals surface area contributed by atoms with Crippen molar-refractivity contribution < 1.29 is 9.59 Å². The molecular weight excluding hydrogens is 130 g/mol. The zero-order chi connectivity index (χ0) is 8.15. The highest BCUT2D eigenvalue weighted by molar-refractivity contribution is 5.99. The van der Waals surface area contributed by atoms with Gasteiger partial charge in [0.15, 0.2) is 0 Å². The smallest absolute Gasteiger partial charge is 0.230 e. The van der Waals surface area contributed by atoms with Crippen LogP contribution in [0.4, 0.5) is 0 Å².